The normalized spacial score (nSPS) is 13.8. The van der Waals surface area contributed by atoms with Gasteiger partial charge in [-0.1, -0.05) is 51.1 Å². The van der Waals surface area contributed by atoms with Gasteiger partial charge in [0.15, 0.2) is 0 Å². The lowest BCUT2D eigenvalue weighted by atomic mass is 9.89. The minimum atomic E-state index is -0.484. The van der Waals surface area contributed by atoms with Crippen molar-refractivity contribution in [2.75, 3.05) is 6.61 Å². The van der Waals surface area contributed by atoms with Gasteiger partial charge in [-0.3, -0.25) is 4.79 Å². The lowest BCUT2D eigenvalue weighted by Crippen LogP contribution is -2.36. The fraction of sp³-hybridized carbons (Fsp3) is 0.474. The van der Waals surface area contributed by atoms with Crippen LogP contribution in [-0.4, -0.2) is 24.6 Å². The van der Waals surface area contributed by atoms with Gasteiger partial charge < -0.3 is 9.47 Å². The SMILES string of the molecule is CCOC(=O)C(C(C)C)C(CC)OC(=O)/C=C/c1ccccc1. The molecule has 0 radical (unpaired) electrons. The zero-order chi connectivity index (χ0) is 17.2. The summed E-state index contributed by atoms with van der Waals surface area (Å²) in [5, 5.41) is 0. The molecule has 1 aromatic carbocycles. The second-order valence-electron chi connectivity index (χ2n) is 5.65. The molecule has 0 saturated carbocycles. The Morgan fingerprint density at radius 1 is 1.13 bits per heavy atom. The highest BCUT2D eigenvalue weighted by Crippen LogP contribution is 2.23. The maximum Gasteiger partial charge on any atom is 0.331 e. The van der Waals surface area contributed by atoms with Crippen molar-refractivity contribution < 1.29 is 19.1 Å². The molecule has 0 amide bonds. The van der Waals surface area contributed by atoms with E-state index < -0.39 is 18.0 Å². The van der Waals surface area contributed by atoms with Gasteiger partial charge in [0, 0.05) is 6.08 Å². The van der Waals surface area contributed by atoms with E-state index in [9.17, 15) is 9.59 Å². The number of carbonyl (C=O) groups excluding carboxylic acids is 2. The van der Waals surface area contributed by atoms with Crippen LogP contribution in [0.5, 0.6) is 0 Å². The quantitative estimate of drug-likeness (QED) is 0.539. The Morgan fingerprint density at radius 3 is 2.30 bits per heavy atom. The largest absolute Gasteiger partial charge is 0.466 e. The van der Waals surface area contributed by atoms with Crippen LogP contribution < -0.4 is 0 Å². The highest BCUT2D eigenvalue weighted by Gasteiger charge is 2.33. The average molecular weight is 318 g/mol. The van der Waals surface area contributed by atoms with E-state index >= 15 is 0 Å². The summed E-state index contributed by atoms with van der Waals surface area (Å²) < 4.78 is 10.6. The minimum absolute atomic E-state index is 0.0323. The minimum Gasteiger partial charge on any atom is -0.466 e. The molecule has 4 nitrogen and oxygen atoms in total. The molecule has 0 aromatic heterocycles. The number of hydrogen-bond acceptors (Lipinski definition) is 4. The Labute approximate surface area is 138 Å². The average Bonchev–Trinajstić information content (AvgIpc) is 2.53. The summed E-state index contributed by atoms with van der Waals surface area (Å²) in [6.07, 6.45) is 3.17. The van der Waals surface area contributed by atoms with Crippen molar-refractivity contribution in [1.82, 2.24) is 0 Å². The van der Waals surface area contributed by atoms with Gasteiger partial charge in [0.25, 0.3) is 0 Å². The van der Waals surface area contributed by atoms with E-state index in [2.05, 4.69) is 0 Å². The van der Waals surface area contributed by atoms with E-state index in [1.165, 1.54) is 6.08 Å². The van der Waals surface area contributed by atoms with Crippen LogP contribution in [-0.2, 0) is 19.1 Å². The highest BCUT2D eigenvalue weighted by molar-refractivity contribution is 5.87. The van der Waals surface area contributed by atoms with E-state index in [-0.39, 0.29) is 11.9 Å². The molecule has 0 aliphatic rings. The van der Waals surface area contributed by atoms with Crippen LogP contribution in [0.4, 0.5) is 0 Å². The lowest BCUT2D eigenvalue weighted by Gasteiger charge is -2.27. The molecule has 2 atom stereocenters. The van der Waals surface area contributed by atoms with Gasteiger partial charge in [0.05, 0.1) is 12.5 Å². The Kier molecular flexibility index (Phi) is 8.09. The third-order valence-corrected chi connectivity index (χ3v) is 3.56. The molecule has 1 aromatic rings. The van der Waals surface area contributed by atoms with Crippen molar-refractivity contribution in [3.05, 3.63) is 42.0 Å². The van der Waals surface area contributed by atoms with Crippen LogP contribution in [0, 0.1) is 11.8 Å². The summed E-state index contributed by atoms with van der Waals surface area (Å²) in [5.74, 6) is -1.18. The first-order valence-electron chi connectivity index (χ1n) is 8.09. The van der Waals surface area contributed by atoms with Crippen molar-refractivity contribution in [3.63, 3.8) is 0 Å². The third kappa shape index (κ3) is 6.27. The van der Waals surface area contributed by atoms with Crippen LogP contribution in [0.2, 0.25) is 0 Å². The zero-order valence-electron chi connectivity index (χ0n) is 14.3. The van der Waals surface area contributed by atoms with Gasteiger partial charge in [-0.05, 0) is 30.9 Å². The zero-order valence-corrected chi connectivity index (χ0v) is 14.3. The molecule has 23 heavy (non-hydrogen) atoms. The Balaban J connectivity index is 2.74. The predicted octanol–water partition coefficient (Wildman–Crippen LogP) is 3.86. The molecule has 2 unspecified atom stereocenters. The summed E-state index contributed by atoms with van der Waals surface area (Å²) in [7, 11) is 0. The van der Waals surface area contributed by atoms with Crippen LogP contribution in [0.15, 0.2) is 36.4 Å². The summed E-state index contributed by atoms with van der Waals surface area (Å²) in [6, 6.07) is 9.51. The molecule has 0 aliphatic heterocycles. The molecular formula is C19H26O4. The molecule has 0 spiro atoms. The summed E-state index contributed by atoms with van der Waals surface area (Å²) in [5.41, 5.74) is 0.920. The first kappa shape index (κ1) is 18.9. The van der Waals surface area contributed by atoms with E-state index in [4.69, 9.17) is 9.47 Å². The third-order valence-electron chi connectivity index (χ3n) is 3.56. The molecule has 0 fully saturated rings. The maximum atomic E-state index is 12.1. The number of ether oxygens (including phenoxy) is 2. The molecule has 1 rings (SSSR count). The summed E-state index contributed by atoms with van der Waals surface area (Å²) in [4.78, 5) is 24.1. The van der Waals surface area contributed by atoms with Crippen LogP contribution in [0.1, 0.15) is 39.7 Å². The molecule has 0 heterocycles. The second kappa shape index (κ2) is 9.82. The molecule has 4 heteroatoms. The first-order valence-corrected chi connectivity index (χ1v) is 8.09. The maximum absolute atomic E-state index is 12.1. The number of carbonyl (C=O) groups is 2. The van der Waals surface area contributed by atoms with Crippen molar-refractivity contribution in [2.24, 2.45) is 11.8 Å². The first-order chi connectivity index (χ1) is 11.0. The van der Waals surface area contributed by atoms with Crippen LogP contribution in [0.25, 0.3) is 6.08 Å². The second-order valence-corrected chi connectivity index (χ2v) is 5.65. The molecular weight excluding hydrogens is 292 g/mol. The van der Waals surface area contributed by atoms with E-state index in [0.29, 0.717) is 13.0 Å². The number of rotatable bonds is 8. The summed E-state index contributed by atoms with van der Waals surface area (Å²) >= 11 is 0. The van der Waals surface area contributed by atoms with Gasteiger partial charge in [-0.2, -0.15) is 0 Å². The van der Waals surface area contributed by atoms with Gasteiger partial charge in [0.1, 0.15) is 6.10 Å². The van der Waals surface area contributed by atoms with Crippen molar-refractivity contribution >= 4 is 18.0 Å². The number of hydrogen-bond donors (Lipinski definition) is 0. The molecule has 126 valence electrons. The van der Waals surface area contributed by atoms with Gasteiger partial charge >= 0.3 is 11.9 Å². The van der Waals surface area contributed by atoms with E-state index in [1.54, 1.807) is 13.0 Å². The highest BCUT2D eigenvalue weighted by atomic mass is 16.6. The molecule has 0 N–H and O–H groups in total. The Hall–Kier alpha value is -2.10. The smallest absolute Gasteiger partial charge is 0.331 e. The molecule has 0 saturated heterocycles. The number of benzene rings is 1. The standard InChI is InChI=1S/C19H26O4/c1-5-16(18(14(3)4)19(21)22-6-2)23-17(20)13-12-15-10-8-7-9-11-15/h7-14,16,18H,5-6H2,1-4H3/b13-12+. The Morgan fingerprint density at radius 2 is 1.78 bits per heavy atom. The van der Waals surface area contributed by atoms with Crippen molar-refractivity contribution in [3.8, 4) is 0 Å². The summed E-state index contributed by atoms with van der Waals surface area (Å²) in [6.45, 7) is 7.84. The van der Waals surface area contributed by atoms with Crippen molar-refractivity contribution in [1.29, 1.82) is 0 Å². The predicted molar refractivity (Wildman–Crippen MR) is 90.6 cm³/mol. The monoisotopic (exact) mass is 318 g/mol. The topological polar surface area (TPSA) is 52.6 Å². The fourth-order valence-electron chi connectivity index (χ4n) is 2.42. The van der Waals surface area contributed by atoms with E-state index in [1.807, 2.05) is 51.1 Å². The fourth-order valence-corrected chi connectivity index (χ4v) is 2.42. The molecule has 0 aliphatic carbocycles. The van der Waals surface area contributed by atoms with Gasteiger partial charge in [0.2, 0.25) is 0 Å². The van der Waals surface area contributed by atoms with Crippen LogP contribution in [0.3, 0.4) is 0 Å². The van der Waals surface area contributed by atoms with Gasteiger partial charge in [-0.15, -0.1) is 0 Å². The van der Waals surface area contributed by atoms with Crippen LogP contribution >= 0.6 is 0 Å². The van der Waals surface area contributed by atoms with Gasteiger partial charge in [-0.25, -0.2) is 4.79 Å². The number of esters is 2. The molecule has 0 bridgehead atoms. The van der Waals surface area contributed by atoms with E-state index in [0.717, 1.165) is 5.56 Å². The van der Waals surface area contributed by atoms with Crippen molar-refractivity contribution in [2.45, 2.75) is 40.2 Å². The lowest BCUT2D eigenvalue weighted by molar-refractivity contribution is -0.161. The Bertz CT molecular complexity index is 519.